The molecule has 5 heteroatoms. The molecule has 0 aliphatic rings. The molecule has 1 amide bonds. The first kappa shape index (κ1) is 11.7. The Kier molecular flexibility index (Phi) is 4.30. The van der Waals surface area contributed by atoms with Crippen LogP contribution in [0.15, 0.2) is 6.20 Å². The zero-order chi connectivity index (χ0) is 11.3. The minimum atomic E-state index is -0.0713. The molecule has 0 saturated carbocycles. The number of rotatable bonds is 5. The van der Waals surface area contributed by atoms with Crippen molar-refractivity contribution < 1.29 is 4.79 Å². The molecule has 1 aromatic heterocycles. The van der Waals surface area contributed by atoms with Crippen LogP contribution in [0, 0.1) is 0 Å². The molecular weight excluding hydrogens is 192 g/mol. The van der Waals surface area contributed by atoms with Crippen molar-refractivity contribution in [3.05, 3.63) is 11.8 Å². The highest BCUT2D eigenvalue weighted by molar-refractivity contribution is 5.90. The molecule has 1 unspecified atom stereocenters. The van der Waals surface area contributed by atoms with Crippen molar-refractivity contribution in [2.45, 2.75) is 39.2 Å². The molecule has 1 rings (SSSR count). The van der Waals surface area contributed by atoms with E-state index in [1.54, 1.807) is 6.20 Å². The fourth-order valence-electron chi connectivity index (χ4n) is 1.26. The topological polar surface area (TPSA) is 83.8 Å². The van der Waals surface area contributed by atoms with Crippen molar-refractivity contribution in [1.82, 2.24) is 10.2 Å². The molecular formula is C10H18N4O. The standard InChI is InChI=1S/C10H18N4O/c1-3-7-6-12-14-10(7)13-9(15)5-8(11)4-2/h6,8H,3-5,11H2,1-2H3,(H2,12,13,14,15). The van der Waals surface area contributed by atoms with E-state index in [1.165, 1.54) is 0 Å². The molecule has 84 valence electrons. The number of aromatic amines is 1. The number of carbonyl (C=O) groups excluding carboxylic acids is 1. The molecule has 0 aliphatic heterocycles. The summed E-state index contributed by atoms with van der Waals surface area (Å²) in [7, 11) is 0. The summed E-state index contributed by atoms with van der Waals surface area (Å²) in [6, 6.07) is -0.0713. The summed E-state index contributed by atoms with van der Waals surface area (Å²) < 4.78 is 0. The molecule has 4 N–H and O–H groups in total. The molecule has 0 radical (unpaired) electrons. The molecule has 0 fully saturated rings. The van der Waals surface area contributed by atoms with Gasteiger partial charge in [-0.3, -0.25) is 9.89 Å². The smallest absolute Gasteiger partial charge is 0.227 e. The average Bonchev–Trinajstić information content (AvgIpc) is 2.64. The van der Waals surface area contributed by atoms with E-state index >= 15 is 0 Å². The van der Waals surface area contributed by atoms with Gasteiger partial charge in [-0.2, -0.15) is 5.10 Å². The van der Waals surface area contributed by atoms with Gasteiger partial charge in [-0.15, -0.1) is 0 Å². The zero-order valence-corrected chi connectivity index (χ0v) is 9.21. The highest BCUT2D eigenvalue weighted by Gasteiger charge is 2.10. The summed E-state index contributed by atoms with van der Waals surface area (Å²) in [5.74, 6) is 0.620. The van der Waals surface area contributed by atoms with Crippen molar-refractivity contribution >= 4 is 11.7 Å². The van der Waals surface area contributed by atoms with Crippen LogP contribution in [0.3, 0.4) is 0 Å². The van der Waals surface area contributed by atoms with Crippen LogP contribution in [0.4, 0.5) is 5.82 Å². The largest absolute Gasteiger partial charge is 0.327 e. The number of aryl methyl sites for hydroxylation is 1. The van der Waals surface area contributed by atoms with Gasteiger partial charge in [0.05, 0.1) is 6.20 Å². The maximum atomic E-state index is 11.5. The quantitative estimate of drug-likeness (QED) is 0.679. The Morgan fingerprint density at radius 3 is 3.00 bits per heavy atom. The van der Waals surface area contributed by atoms with Gasteiger partial charge < -0.3 is 11.1 Å². The Morgan fingerprint density at radius 1 is 1.67 bits per heavy atom. The monoisotopic (exact) mass is 210 g/mol. The third-order valence-electron chi connectivity index (χ3n) is 2.34. The number of aromatic nitrogens is 2. The second-order valence-corrected chi connectivity index (χ2v) is 3.54. The number of anilines is 1. The summed E-state index contributed by atoms with van der Waals surface area (Å²) in [6.07, 6.45) is 3.71. The number of carbonyl (C=O) groups is 1. The molecule has 1 aromatic rings. The van der Waals surface area contributed by atoms with Crippen molar-refractivity contribution in [3.8, 4) is 0 Å². The van der Waals surface area contributed by atoms with Gasteiger partial charge in [0, 0.05) is 18.0 Å². The van der Waals surface area contributed by atoms with Gasteiger partial charge in [-0.1, -0.05) is 13.8 Å². The first-order chi connectivity index (χ1) is 7.17. The lowest BCUT2D eigenvalue weighted by molar-refractivity contribution is -0.116. The average molecular weight is 210 g/mol. The predicted octanol–water partition coefficient (Wildman–Crippen LogP) is 1.04. The fraction of sp³-hybridized carbons (Fsp3) is 0.600. The van der Waals surface area contributed by atoms with Crippen LogP contribution in [0.2, 0.25) is 0 Å². The van der Waals surface area contributed by atoms with E-state index in [0.29, 0.717) is 12.2 Å². The summed E-state index contributed by atoms with van der Waals surface area (Å²) in [4.78, 5) is 11.5. The highest BCUT2D eigenvalue weighted by Crippen LogP contribution is 2.11. The third kappa shape index (κ3) is 3.36. The summed E-state index contributed by atoms with van der Waals surface area (Å²) in [6.45, 7) is 3.98. The minimum absolute atomic E-state index is 0.0664. The molecule has 15 heavy (non-hydrogen) atoms. The predicted molar refractivity (Wildman–Crippen MR) is 59.5 cm³/mol. The van der Waals surface area contributed by atoms with E-state index in [9.17, 15) is 4.79 Å². The van der Waals surface area contributed by atoms with Crippen LogP contribution in [-0.2, 0) is 11.2 Å². The van der Waals surface area contributed by atoms with Gasteiger partial charge in [-0.05, 0) is 12.8 Å². The molecule has 0 bridgehead atoms. The van der Waals surface area contributed by atoms with Gasteiger partial charge in [-0.25, -0.2) is 0 Å². The van der Waals surface area contributed by atoms with E-state index in [1.807, 2.05) is 13.8 Å². The Hall–Kier alpha value is -1.36. The Balaban J connectivity index is 2.51. The number of nitrogens with one attached hydrogen (secondary N) is 2. The fourth-order valence-corrected chi connectivity index (χ4v) is 1.26. The van der Waals surface area contributed by atoms with E-state index in [4.69, 9.17) is 5.73 Å². The molecule has 0 saturated heterocycles. The Morgan fingerprint density at radius 2 is 2.40 bits per heavy atom. The van der Waals surface area contributed by atoms with Crippen LogP contribution < -0.4 is 11.1 Å². The molecule has 0 aliphatic carbocycles. The van der Waals surface area contributed by atoms with Crippen LogP contribution in [0.1, 0.15) is 32.3 Å². The summed E-state index contributed by atoms with van der Waals surface area (Å²) >= 11 is 0. The minimum Gasteiger partial charge on any atom is -0.327 e. The van der Waals surface area contributed by atoms with Gasteiger partial charge in [0.15, 0.2) is 0 Å². The second-order valence-electron chi connectivity index (χ2n) is 3.54. The molecule has 0 aromatic carbocycles. The van der Waals surface area contributed by atoms with Crippen LogP contribution in [0.5, 0.6) is 0 Å². The zero-order valence-electron chi connectivity index (χ0n) is 9.21. The number of hydrogen-bond acceptors (Lipinski definition) is 3. The van der Waals surface area contributed by atoms with E-state index in [0.717, 1.165) is 18.4 Å². The van der Waals surface area contributed by atoms with Crippen molar-refractivity contribution in [1.29, 1.82) is 0 Å². The van der Waals surface area contributed by atoms with E-state index in [2.05, 4.69) is 15.5 Å². The summed E-state index contributed by atoms with van der Waals surface area (Å²) in [5, 5.41) is 9.40. The number of H-pyrrole nitrogens is 1. The lowest BCUT2D eigenvalue weighted by Gasteiger charge is -2.08. The van der Waals surface area contributed by atoms with Crippen LogP contribution in [-0.4, -0.2) is 22.1 Å². The lowest BCUT2D eigenvalue weighted by atomic mass is 10.1. The first-order valence-corrected chi connectivity index (χ1v) is 5.25. The number of hydrogen-bond donors (Lipinski definition) is 3. The third-order valence-corrected chi connectivity index (χ3v) is 2.34. The van der Waals surface area contributed by atoms with E-state index < -0.39 is 0 Å². The van der Waals surface area contributed by atoms with Gasteiger partial charge in [0.2, 0.25) is 5.91 Å². The van der Waals surface area contributed by atoms with Crippen LogP contribution >= 0.6 is 0 Å². The van der Waals surface area contributed by atoms with Crippen molar-refractivity contribution in [2.24, 2.45) is 5.73 Å². The van der Waals surface area contributed by atoms with Crippen molar-refractivity contribution in [2.75, 3.05) is 5.32 Å². The molecule has 1 heterocycles. The molecule has 0 spiro atoms. The van der Waals surface area contributed by atoms with Gasteiger partial charge in [0.25, 0.3) is 0 Å². The Bertz CT molecular complexity index is 321. The Labute approximate surface area is 89.4 Å². The normalized spacial score (nSPS) is 12.5. The molecule has 5 nitrogen and oxygen atoms in total. The second kappa shape index (κ2) is 5.50. The summed E-state index contributed by atoms with van der Waals surface area (Å²) in [5.41, 5.74) is 6.69. The van der Waals surface area contributed by atoms with Gasteiger partial charge >= 0.3 is 0 Å². The number of nitrogens with two attached hydrogens (primary N) is 1. The lowest BCUT2D eigenvalue weighted by Crippen LogP contribution is -2.26. The highest BCUT2D eigenvalue weighted by atomic mass is 16.1. The molecule has 1 atom stereocenters. The number of amides is 1. The number of nitrogens with zero attached hydrogens (tertiary/aromatic N) is 1. The van der Waals surface area contributed by atoms with Crippen molar-refractivity contribution in [3.63, 3.8) is 0 Å². The maximum Gasteiger partial charge on any atom is 0.227 e. The van der Waals surface area contributed by atoms with E-state index in [-0.39, 0.29) is 11.9 Å². The maximum absolute atomic E-state index is 11.5. The SMILES string of the molecule is CCc1cn[nH]c1NC(=O)CC(N)CC. The van der Waals surface area contributed by atoms with Crippen LogP contribution in [0.25, 0.3) is 0 Å². The first-order valence-electron chi connectivity index (χ1n) is 5.25. The van der Waals surface area contributed by atoms with Gasteiger partial charge in [0.1, 0.15) is 5.82 Å².